The fourth-order valence-corrected chi connectivity index (χ4v) is 3.09. The normalized spacial score (nSPS) is 11.1. The van der Waals surface area contributed by atoms with Gasteiger partial charge >= 0.3 is 11.8 Å². The first-order valence-corrected chi connectivity index (χ1v) is 10.3. The molecule has 0 bridgehead atoms. The molecule has 3 aromatic heterocycles. The van der Waals surface area contributed by atoms with Crippen molar-refractivity contribution in [3.63, 3.8) is 0 Å². The van der Waals surface area contributed by atoms with Crippen molar-refractivity contribution in [1.29, 1.82) is 0 Å². The molecule has 0 fully saturated rings. The SMILES string of the molecule is CC(C)(C)OC(=O)n1c(=O)n(-c2ccnc(Cl)n2)c2ccccc21.Clc1ccnc(Cl)n1. The van der Waals surface area contributed by atoms with E-state index in [4.69, 9.17) is 39.5 Å². The van der Waals surface area contributed by atoms with Gasteiger partial charge in [-0.15, -0.1) is 0 Å². The Labute approximate surface area is 197 Å². The van der Waals surface area contributed by atoms with E-state index < -0.39 is 17.4 Å². The fraction of sp³-hybridized carbons (Fsp3) is 0.200. The third-order valence-electron chi connectivity index (χ3n) is 3.75. The second kappa shape index (κ2) is 9.64. The van der Waals surface area contributed by atoms with Crippen molar-refractivity contribution in [2.24, 2.45) is 0 Å². The summed E-state index contributed by atoms with van der Waals surface area (Å²) in [7, 11) is 0. The van der Waals surface area contributed by atoms with Crippen LogP contribution in [0.15, 0.2) is 53.6 Å². The Morgan fingerprint density at radius 3 is 2.03 bits per heavy atom. The Hall–Kier alpha value is -3.01. The summed E-state index contributed by atoms with van der Waals surface area (Å²) in [6.07, 6.45) is 2.19. The Morgan fingerprint density at radius 1 is 0.906 bits per heavy atom. The largest absolute Gasteiger partial charge is 0.443 e. The molecule has 3 heterocycles. The fourth-order valence-electron chi connectivity index (χ4n) is 2.62. The van der Waals surface area contributed by atoms with Gasteiger partial charge in [0.25, 0.3) is 0 Å². The molecule has 0 saturated carbocycles. The van der Waals surface area contributed by atoms with E-state index in [1.54, 1.807) is 57.2 Å². The molecule has 4 rings (SSSR count). The molecule has 0 aliphatic carbocycles. The second-order valence-corrected chi connectivity index (χ2v) is 8.32. The Kier molecular flexibility index (Phi) is 7.12. The minimum absolute atomic E-state index is 0.00787. The van der Waals surface area contributed by atoms with Crippen LogP contribution in [0, 0.1) is 0 Å². The van der Waals surface area contributed by atoms with E-state index in [1.807, 2.05) is 0 Å². The zero-order chi connectivity index (χ0) is 23.5. The van der Waals surface area contributed by atoms with Crippen molar-refractivity contribution >= 4 is 51.9 Å². The van der Waals surface area contributed by atoms with Gasteiger partial charge in [0.2, 0.25) is 10.6 Å². The summed E-state index contributed by atoms with van der Waals surface area (Å²) in [5.41, 5.74) is -0.368. The second-order valence-electron chi connectivity index (χ2n) is 7.25. The lowest BCUT2D eigenvalue weighted by atomic mass is 10.2. The molecular formula is C20H17Cl3N6O3. The maximum atomic E-state index is 12.8. The number of carbonyl (C=O) groups excluding carboxylic acids is 1. The lowest BCUT2D eigenvalue weighted by Gasteiger charge is -2.19. The van der Waals surface area contributed by atoms with Gasteiger partial charge in [-0.1, -0.05) is 23.7 Å². The number of hydrogen-bond donors (Lipinski definition) is 0. The Bertz CT molecular complexity index is 1310. The number of halogens is 3. The first-order valence-electron chi connectivity index (χ1n) is 9.15. The van der Waals surface area contributed by atoms with Crippen LogP contribution in [0.1, 0.15) is 20.8 Å². The van der Waals surface area contributed by atoms with Crippen LogP contribution in [0.5, 0.6) is 0 Å². The third-order valence-corrected chi connectivity index (χ3v) is 4.33. The van der Waals surface area contributed by atoms with Gasteiger partial charge < -0.3 is 4.74 Å². The van der Waals surface area contributed by atoms with Crippen molar-refractivity contribution in [3.05, 3.63) is 75.0 Å². The molecule has 12 heteroatoms. The summed E-state index contributed by atoms with van der Waals surface area (Å²) >= 11 is 16.6. The molecule has 0 saturated heterocycles. The van der Waals surface area contributed by atoms with Gasteiger partial charge in [0, 0.05) is 18.5 Å². The number of carbonyl (C=O) groups is 1. The molecule has 166 valence electrons. The van der Waals surface area contributed by atoms with Crippen molar-refractivity contribution in [2.75, 3.05) is 0 Å². The van der Waals surface area contributed by atoms with Crippen LogP contribution in [0.3, 0.4) is 0 Å². The molecule has 1 aromatic carbocycles. The van der Waals surface area contributed by atoms with Gasteiger partial charge in [0.05, 0.1) is 11.0 Å². The van der Waals surface area contributed by atoms with Crippen molar-refractivity contribution in [1.82, 2.24) is 29.1 Å². The first-order chi connectivity index (χ1) is 15.1. The number of nitrogens with zero attached hydrogens (tertiary/aromatic N) is 6. The number of benzene rings is 1. The number of aromatic nitrogens is 6. The number of rotatable bonds is 1. The van der Waals surface area contributed by atoms with E-state index in [0.717, 1.165) is 4.57 Å². The van der Waals surface area contributed by atoms with Crippen LogP contribution in [0.2, 0.25) is 15.7 Å². The number of para-hydroxylation sites is 2. The molecule has 4 aromatic rings. The summed E-state index contributed by atoms with van der Waals surface area (Å²) in [4.78, 5) is 40.4. The molecule has 0 aliphatic rings. The van der Waals surface area contributed by atoms with Gasteiger partial charge in [0.1, 0.15) is 16.6 Å². The van der Waals surface area contributed by atoms with Crippen LogP contribution in [0.4, 0.5) is 4.79 Å². The van der Waals surface area contributed by atoms with Crippen LogP contribution < -0.4 is 5.69 Å². The summed E-state index contributed by atoms with van der Waals surface area (Å²) in [5, 5.41) is 0.552. The van der Waals surface area contributed by atoms with Crippen LogP contribution in [-0.2, 0) is 4.74 Å². The predicted octanol–water partition coefficient (Wildman–Crippen LogP) is 4.80. The zero-order valence-corrected chi connectivity index (χ0v) is 19.4. The number of hydrogen-bond acceptors (Lipinski definition) is 7. The number of ether oxygens (including phenoxy) is 1. The van der Waals surface area contributed by atoms with Gasteiger partial charge in [-0.25, -0.2) is 29.1 Å². The van der Waals surface area contributed by atoms with Gasteiger partial charge in [-0.3, -0.25) is 0 Å². The number of imidazole rings is 1. The summed E-state index contributed by atoms with van der Waals surface area (Å²) in [6.45, 7) is 5.21. The number of fused-ring (bicyclic) bond motifs is 1. The van der Waals surface area contributed by atoms with Gasteiger partial charge in [0.15, 0.2) is 0 Å². The van der Waals surface area contributed by atoms with Gasteiger partial charge in [-0.2, -0.15) is 9.55 Å². The first kappa shape index (κ1) is 23.6. The standard InChI is InChI=1S/C16H15ClN4O3.C4H2Cl2N2/c1-16(2,3)24-15(23)21-11-7-5-4-6-10(11)20(14(21)22)12-8-9-18-13(17)19-12;5-3-1-2-7-4(6)8-3/h4-9H,1-3H3;1-2H. The molecule has 0 aliphatic heterocycles. The van der Waals surface area contributed by atoms with Gasteiger partial charge in [-0.05, 0) is 62.2 Å². The molecule has 0 radical (unpaired) electrons. The molecule has 0 unspecified atom stereocenters. The molecule has 32 heavy (non-hydrogen) atoms. The van der Waals surface area contributed by atoms with Crippen molar-refractivity contribution in [3.8, 4) is 5.82 Å². The highest BCUT2D eigenvalue weighted by Gasteiger charge is 2.24. The van der Waals surface area contributed by atoms with E-state index in [9.17, 15) is 9.59 Å². The summed E-state index contributed by atoms with van der Waals surface area (Å²) in [6, 6.07) is 9.99. The molecule has 0 amide bonds. The third kappa shape index (κ3) is 5.61. The lowest BCUT2D eigenvalue weighted by Crippen LogP contribution is -2.34. The highest BCUT2D eigenvalue weighted by molar-refractivity contribution is 6.31. The minimum atomic E-state index is -0.748. The average molecular weight is 496 g/mol. The topological polar surface area (TPSA) is 105 Å². The maximum Gasteiger partial charge on any atom is 0.423 e. The van der Waals surface area contributed by atoms with E-state index in [1.165, 1.54) is 17.0 Å². The summed E-state index contributed by atoms with van der Waals surface area (Å²) < 4.78 is 7.62. The molecule has 0 N–H and O–H groups in total. The van der Waals surface area contributed by atoms with E-state index in [0.29, 0.717) is 16.2 Å². The highest BCUT2D eigenvalue weighted by atomic mass is 35.5. The van der Waals surface area contributed by atoms with E-state index in [2.05, 4.69) is 19.9 Å². The Balaban J connectivity index is 0.000000305. The van der Waals surface area contributed by atoms with E-state index in [-0.39, 0.29) is 16.4 Å². The average Bonchev–Trinajstić information content (AvgIpc) is 2.99. The smallest absolute Gasteiger partial charge is 0.423 e. The predicted molar refractivity (Wildman–Crippen MR) is 122 cm³/mol. The van der Waals surface area contributed by atoms with Crippen molar-refractivity contribution in [2.45, 2.75) is 26.4 Å². The molecule has 0 atom stereocenters. The van der Waals surface area contributed by atoms with Crippen molar-refractivity contribution < 1.29 is 9.53 Å². The van der Waals surface area contributed by atoms with Crippen LogP contribution in [-0.4, -0.2) is 40.8 Å². The minimum Gasteiger partial charge on any atom is -0.443 e. The molecular weight excluding hydrogens is 479 g/mol. The monoisotopic (exact) mass is 494 g/mol. The van der Waals surface area contributed by atoms with Crippen LogP contribution in [0.25, 0.3) is 16.9 Å². The van der Waals surface area contributed by atoms with E-state index >= 15 is 0 Å². The zero-order valence-electron chi connectivity index (χ0n) is 17.2. The maximum absolute atomic E-state index is 12.8. The quantitative estimate of drug-likeness (QED) is 0.276. The van der Waals surface area contributed by atoms with Crippen LogP contribution >= 0.6 is 34.8 Å². The summed E-state index contributed by atoms with van der Waals surface area (Å²) in [5.74, 6) is 0.276. The Morgan fingerprint density at radius 2 is 1.50 bits per heavy atom. The highest BCUT2D eigenvalue weighted by Crippen LogP contribution is 2.18. The molecule has 0 spiro atoms. The lowest BCUT2D eigenvalue weighted by molar-refractivity contribution is 0.0538. The molecule has 9 nitrogen and oxygen atoms in total.